The van der Waals surface area contributed by atoms with Crippen LogP contribution in [-0.4, -0.2) is 4.89 Å². The van der Waals surface area contributed by atoms with Crippen molar-refractivity contribution in [3.8, 4) is 5.75 Å². The second-order valence-electron chi connectivity index (χ2n) is 4.45. The fourth-order valence-electron chi connectivity index (χ4n) is 1.58. The quantitative estimate of drug-likeness (QED) is 0.283. The second kappa shape index (κ2) is 7.49. The first-order chi connectivity index (χ1) is 12.3. The lowest BCUT2D eigenvalue weighted by Gasteiger charge is -2.18. The minimum atomic E-state index is -4.98. The van der Waals surface area contributed by atoms with Crippen molar-refractivity contribution in [1.29, 1.82) is 0 Å². The minimum absolute atomic E-state index is 0.745. The molecule has 2 aromatic carbocycles. The summed E-state index contributed by atoms with van der Waals surface area (Å²) in [5.74, 6) is -27.1. The molecule has 15 heteroatoms. The van der Waals surface area contributed by atoms with Gasteiger partial charge < -0.3 is 9.42 Å². The topological polar surface area (TPSA) is 29.5 Å². The maximum absolute atomic E-state index is 13.6. The van der Waals surface area contributed by atoms with Gasteiger partial charge in [-0.15, -0.1) is 0 Å². The van der Waals surface area contributed by atoms with Crippen LogP contribution in [-0.2, 0) is 11.8 Å². The second-order valence-corrected chi connectivity index (χ2v) is 10.4. The van der Waals surface area contributed by atoms with Crippen molar-refractivity contribution in [2.24, 2.45) is 0 Å². The van der Waals surface area contributed by atoms with Gasteiger partial charge in [-0.1, -0.05) is 0 Å². The summed E-state index contributed by atoms with van der Waals surface area (Å²) >= 11 is 3.50. The summed E-state index contributed by atoms with van der Waals surface area (Å²) in [5.41, 5.74) is -4.98. The summed E-state index contributed by atoms with van der Waals surface area (Å²) in [7, 11) is 0. The number of rotatable bonds is 4. The summed E-state index contributed by atoms with van der Waals surface area (Å²) in [5, 5.41) is 0. The van der Waals surface area contributed by atoms with Crippen molar-refractivity contribution in [2.45, 2.75) is 4.90 Å². The molecular weight excluding hydrogens is 461 g/mol. The molecule has 0 saturated heterocycles. The minimum Gasteiger partial charge on any atom is -0.430 e. The lowest BCUT2D eigenvalue weighted by Crippen LogP contribution is -2.06. The van der Waals surface area contributed by atoms with E-state index in [0.29, 0.717) is 0 Å². The van der Waals surface area contributed by atoms with Crippen LogP contribution in [0, 0.1) is 58.2 Å². The van der Waals surface area contributed by atoms with Crippen LogP contribution in [0.25, 0.3) is 0 Å². The maximum Gasteiger partial charge on any atom is 0.300 e. The van der Waals surface area contributed by atoms with Crippen LogP contribution in [0.1, 0.15) is 0 Å². The van der Waals surface area contributed by atoms with Gasteiger partial charge in [-0.3, -0.25) is 0 Å². The first-order valence-electron chi connectivity index (χ1n) is 6.05. The van der Waals surface area contributed by atoms with Gasteiger partial charge in [0.2, 0.25) is 40.7 Å². The highest BCUT2D eigenvalue weighted by atomic mass is 32.9. The van der Waals surface area contributed by atoms with E-state index in [-0.39, 0.29) is 0 Å². The first-order valence-corrected chi connectivity index (χ1v) is 10.1. The highest BCUT2D eigenvalue weighted by molar-refractivity contribution is 8.67. The third-order valence-electron chi connectivity index (χ3n) is 2.75. The van der Waals surface area contributed by atoms with Crippen molar-refractivity contribution < 1.29 is 53.3 Å². The van der Waals surface area contributed by atoms with Gasteiger partial charge in [0, 0.05) is 0 Å². The molecule has 2 nitrogen and oxygen atoms in total. The largest absolute Gasteiger partial charge is 0.430 e. The molecule has 0 aliphatic rings. The number of hydrogen-bond acceptors (Lipinski definition) is 3. The first kappa shape index (κ1) is 21.8. The van der Waals surface area contributed by atoms with Crippen LogP contribution >= 0.6 is 17.1 Å². The van der Waals surface area contributed by atoms with Crippen LogP contribution in [0.3, 0.4) is 0 Å². The maximum atomic E-state index is 13.6. The molecule has 0 heterocycles. The molecule has 0 aliphatic carbocycles. The third kappa shape index (κ3) is 3.89. The predicted octanol–water partition coefficient (Wildman–Crippen LogP) is 5.47. The Kier molecular flexibility index (Phi) is 6.05. The van der Waals surface area contributed by atoms with E-state index in [1.807, 2.05) is 0 Å². The molecule has 2 aromatic rings. The van der Waals surface area contributed by atoms with Crippen LogP contribution in [0.5, 0.6) is 5.75 Å². The lowest BCUT2D eigenvalue weighted by atomic mass is 10.3. The third-order valence-corrected chi connectivity index (χ3v) is 6.30. The van der Waals surface area contributed by atoms with Crippen molar-refractivity contribution in [2.75, 3.05) is 0 Å². The van der Waals surface area contributed by atoms with Gasteiger partial charge in [0.15, 0.2) is 23.3 Å². The molecule has 0 radical (unpaired) electrons. The van der Waals surface area contributed by atoms with Gasteiger partial charge in [0.1, 0.15) is 0 Å². The van der Waals surface area contributed by atoms with E-state index in [2.05, 4.69) is 16.3 Å². The van der Waals surface area contributed by atoms with Crippen molar-refractivity contribution in [3.63, 3.8) is 0 Å². The SMILES string of the molecule is OP(=S)(Oc1c(F)c(F)c(F)c(F)c1F)Sc1c(F)c(F)c(F)c(F)c1F. The average molecular weight is 462 g/mol. The number of halogens is 10. The van der Waals surface area contributed by atoms with Crippen LogP contribution in [0.4, 0.5) is 43.9 Å². The molecule has 148 valence electrons. The molecule has 2 rings (SSSR count). The zero-order valence-corrected chi connectivity index (χ0v) is 14.4. The van der Waals surface area contributed by atoms with E-state index < -0.39 is 85.9 Å². The number of hydrogen-bond donors (Lipinski definition) is 1. The van der Waals surface area contributed by atoms with Crippen molar-refractivity contribution in [1.82, 2.24) is 0 Å². The Morgan fingerprint density at radius 1 is 0.593 bits per heavy atom. The molecule has 0 amide bonds. The molecule has 0 aromatic heterocycles. The summed E-state index contributed by atoms with van der Waals surface area (Å²) < 4.78 is 136. The Morgan fingerprint density at radius 2 is 0.889 bits per heavy atom. The highest BCUT2D eigenvalue weighted by Crippen LogP contribution is 2.61. The van der Waals surface area contributed by atoms with Gasteiger partial charge in [-0.2, -0.15) is 8.78 Å². The fourth-order valence-corrected chi connectivity index (χ4v) is 4.98. The average Bonchev–Trinajstić information content (AvgIpc) is 2.62. The van der Waals surface area contributed by atoms with Gasteiger partial charge in [0.05, 0.1) is 4.90 Å². The molecule has 0 spiro atoms. The molecule has 1 N–H and O–H groups in total. The Bertz CT molecular complexity index is 866. The zero-order chi connectivity index (χ0) is 20.8. The lowest BCUT2D eigenvalue weighted by molar-refractivity contribution is 0.347. The normalized spacial score (nSPS) is 13.6. The molecule has 1 unspecified atom stereocenters. The molecule has 0 bridgehead atoms. The standard InChI is InChI=1S/C12HF10O2PS2/c13-1-3(15)7(19)11(8(20)4(1)16)24-25(23,26)27-12-9(21)5(17)2(14)6(18)10(12)22/h(H,23,26). The predicted molar refractivity (Wildman–Crippen MR) is 75.5 cm³/mol. The van der Waals surface area contributed by atoms with Gasteiger partial charge in [0.25, 0.3) is 5.69 Å². The Labute approximate surface area is 151 Å². The van der Waals surface area contributed by atoms with Crippen molar-refractivity contribution in [3.05, 3.63) is 58.2 Å². The molecule has 0 saturated carbocycles. The van der Waals surface area contributed by atoms with E-state index >= 15 is 0 Å². The van der Waals surface area contributed by atoms with E-state index in [1.54, 1.807) is 0 Å². The monoisotopic (exact) mass is 462 g/mol. The van der Waals surface area contributed by atoms with E-state index in [0.717, 1.165) is 0 Å². The van der Waals surface area contributed by atoms with Gasteiger partial charge in [-0.05, 0) is 23.2 Å². The molecule has 0 aliphatic heterocycles. The van der Waals surface area contributed by atoms with Crippen LogP contribution in [0.15, 0.2) is 4.90 Å². The van der Waals surface area contributed by atoms with E-state index in [1.165, 1.54) is 0 Å². The number of benzene rings is 2. The Balaban J connectivity index is 2.51. The van der Waals surface area contributed by atoms with Gasteiger partial charge >= 0.3 is 0 Å². The fraction of sp³-hybridized carbons (Fsp3) is 0. The van der Waals surface area contributed by atoms with E-state index in [4.69, 9.17) is 0 Å². The summed E-state index contributed by atoms with van der Waals surface area (Å²) in [4.78, 5) is 7.97. The summed E-state index contributed by atoms with van der Waals surface area (Å²) in [6.45, 7) is 0. The summed E-state index contributed by atoms with van der Waals surface area (Å²) in [6, 6.07) is 0. The van der Waals surface area contributed by atoms with Crippen LogP contribution in [0.2, 0.25) is 0 Å². The molecule has 27 heavy (non-hydrogen) atoms. The summed E-state index contributed by atoms with van der Waals surface area (Å²) in [6.07, 6.45) is 0. The Hall–Kier alpha value is -1.50. The highest BCUT2D eigenvalue weighted by Gasteiger charge is 2.34. The van der Waals surface area contributed by atoms with Crippen molar-refractivity contribution >= 4 is 28.9 Å². The molecule has 1 atom stereocenters. The smallest absolute Gasteiger partial charge is 0.300 e. The van der Waals surface area contributed by atoms with E-state index in [9.17, 15) is 48.8 Å². The zero-order valence-electron chi connectivity index (χ0n) is 11.9. The Morgan fingerprint density at radius 3 is 1.26 bits per heavy atom. The van der Waals surface area contributed by atoms with Gasteiger partial charge in [-0.25, -0.2) is 35.1 Å². The van der Waals surface area contributed by atoms with Crippen LogP contribution < -0.4 is 4.52 Å². The molecule has 0 fully saturated rings. The molecular formula is C12HF10O2PS2.